The Morgan fingerprint density at radius 3 is 1.83 bits per heavy atom. The molecule has 7 nitrogen and oxygen atoms in total. The zero-order valence-electron chi connectivity index (χ0n) is 22.2. The number of carboxylic acids is 1. The summed E-state index contributed by atoms with van der Waals surface area (Å²) in [4.78, 5) is 34.4. The van der Waals surface area contributed by atoms with Crippen LogP contribution in [0.5, 0.6) is 0 Å². The fraction of sp³-hybridized carbons (Fsp3) is 0.552. The second-order valence-corrected chi connectivity index (χ2v) is 9.09. The SMILES string of the molecule is CC/C=C\C/C=C\C/C=C\C/C=C\C/C=C\CCCC(=O)OCC(C)(C)[C@H](O)C(=O)NCCC(=O)O. The molecule has 0 radical (unpaired) electrons. The highest BCUT2D eigenvalue weighted by Crippen LogP contribution is 2.22. The van der Waals surface area contributed by atoms with Crippen molar-refractivity contribution < 1.29 is 29.3 Å². The van der Waals surface area contributed by atoms with Crippen LogP contribution in [-0.2, 0) is 19.1 Å². The second kappa shape index (κ2) is 21.4. The molecule has 1 amide bonds. The van der Waals surface area contributed by atoms with Gasteiger partial charge >= 0.3 is 11.9 Å². The van der Waals surface area contributed by atoms with Gasteiger partial charge in [-0.25, -0.2) is 0 Å². The van der Waals surface area contributed by atoms with E-state index >= 15 is 0 Å². The van der Waals surface area contributed by atoms with Crippen molar-refractivity contribution in [2.24, 2.45) is 5.41 Å². The third-order valence-electron chi connectivity index (χ3n) is 5.14. The maximum atomic E-state index is 12.0. The van der Waals surface area contributed by atoms with Gasteiger partial charge in [-0.15, -0.1) is 0 Å². The molecule has 0 fully saturated rings. The lowest BCUT2D eigenvalue weighted by Gasteiger charge is -2.28. The van der Waals surface area contributed by atoms with Crippen LogP contribution < -0.4 is 5.32 Å². The minimum atomic E-state index is -1.42. The number of unbranched alkanes of at least 4 members (excludes halogenated alkanes) is 1. The molecule has 0 saturated heterocycles. The first kappa shape index (κ1) is 33.1. The van der Waals surface area contributed by atoms with Gasteiger partial charge in [0.2, 0.25) is 5.91 Å². The van der Waals surface area contributed by atoms with E-state index in [1.807, 2.05) is 6.08 Å². The van der Waals surface area contributed by atoms with Gasteiger partial charge in [0, 0.05) is 18.4 Å². The molecule has 0 bridgehead atoms. The fourth-order valence-corrected chi connectivity index (χ4v) is 2.89. The number of aliphatic hydroxyl groups excluding tert-OH is 1. The van der Waals surface area contributed by atoms with Crippen LogP contribution in [0, 0.1) is 5.41 Å². The third-order valence-corrected chi connectivity index (χ3v) is 5.14. The number of aliphatic hydroxyl groups is 1. The van der Waals surface area contributed by atoms with E-state index in [4.69, 9.17) is 9.84 Å². The maximum absolute atomic E-state index is 12.0. The molecular formula is C29H45NO6. The molecule has 7 heteroatoms. The summed E-state index contributed by atoms with van der Waals surface area (Å²) in [6.07, 6.45) is 26.2. The number of aliphatic carboxylic acids is 1. The average Bonchev–Trinajstić information content (AvgIpc) is 2.83. The molecule has 0 spiro atoms. The van der Waals surface area contributed by atoms with E-state index < -0.39 is 23.4 Å². The third kappa shape index (κ3) is 19.4. The van der Waals surface area contributed by atoms with E-state index in [9.17, 15) is 19.5 Å². The summed E-state index contributed by atoms with van der Waals surface area (Å²) in [6.45, 7) is 5.17. The highest BCUT2D eigenvalue weighted by atomic mass is 16.5. The molecule has 0 saturated carbocycles. The fourth-order valence-electron chi connectivity index (χ4n) is 2.89. The van der Waals surface area contributed by atoms with Crippen molar-refractivity contribution in [3.8, 4) is 0 Å². The van der Waals surface area contributed by atoms with Crippen LogP contribution in [-0.4, -0.2) is 47.3 Å². The van der Waals surface area contributed by atoms with Gasteiger partial charge in [0.1, 0.15) is 6.10 Å². The summed E-state index contributed by atoms with van der Waals surface area (Å²) >= 11 is 0. The second-order valence-electron chi connectivity index (χ2n) is 9.09. The van der Waals surface area contributed by atoms with E-state index in [1.165, 1.54) is 0 Å². The summed E-state index contributed by atoms with van der Waals surface area (Å²) < 4.78 is 5.23. The van der Waals surface area contributed by atoms with E-state index in [1.54, 1.807) is 13.8 Å². The van der Waals surface area contributed by atoms with Crippen molar-refractivity contribution in [2.45, 2.75) is 84.7 Å². The smallest absolute Gasteiger partial charge is 0.305 e. The van der Waals surface area contributed by atoms with Crippen molar-refractivity contribution in [3.63, 3.8) is 0 Å². The molecule has 0 aliphatic rings. The molecule has 0 rings (SSSR count). The number of carboxylic acid groups (broad SMARTS) is 1. The van der Waals surface area contributed by atoms with Crippen LogP contribution in [0.25, 0.3) is 0 Å². The topological polar surface area (TPSA) is 113 Å². The Balaban J connectivity index is 3.92. The standard InChI is InChI=1S/C29H45NO6/c1-4-5-6-7-8-9-10-11-12-13-14-15-16-17-18-19-20-21-26(33)36-24-29(2,3)27(34)28(35)30-23-22-25(31)32/h5-6,8-9,11-12,14-15,17-18,27,34H,4,7,10,13,16,19-24H2,1-3H3,(H,30,35)(H,31,32)/b6-5-,9-8-,12-11-,15-14-,18-17-/t27-/m1/s1. The van der Waals surface area contributed by atoms with Gasteiger partial charge in [0.05, 0.1) is 13.0 Å². The number of amides is 1. The Morgan fingerprint density at radius 2 is 1.33 bits per heavy atom. The van der Waals surface area contributed by atoms with Gasteiger partial charge in [-0.05, 0) is 44.9 Å². The van der Waals surface area contributed by atoms with Crippen molar-refractivity contribution in [2.75, 3.05) is 13.2 Å². The van der Waals surface area contributed by atoms with Gasteiger partial charge in [0.15, 0.2) is 0 Å². The van der Waals surface area contributed by atoms with Crippen LogP contribution in [0.15, 0.2) is 60.8 Å². The Kier molecular flexibility index (Phi) is 19.6. The number of hydrogen-bond donors (Lipinski definition) is 3. The summed E-state index contributed by atoms with van der Waals surface area (Å²) in [6, 6.07) is 0. The number of esters is 1. The van der Waals surface area contributed by atoms with Crippen LogP contribution in [0.2, 0.25) is 0 Å². The van der Waals surface area contributed by atoms with Gasteiger partial charge in [-0.2, -0.15) is 0 Å². The van der Waals surface area contributed by atoms with Gasteiger partial charge in [-0.1, -0.05) is 81.5 Å². The summed E-state index contributed by atoms with van der Waals surface area (Å²) in [5.74, 6) is -2.10. The van der Waals surface area contributed by atoms with Crippen molar-refractivity contribution in [1.82, 2.24) is 5.32 Å². The minimum absolute atomic E-state index is 0.0725. The molecule has 0 aromatic rings. The normalized spacial score (nSPS) is 13.4. The number of carbonyl (C=O) groups is 3. The van der Waals surface area contributed by atoms with Crippen LogP contribution in [0.4, 0.5) is 0 Å². The van der Waals surface area contributed by atoms with E-state index in [-0.39, 0.29) is 32.0 Å². The summed E-state index contributed by atoms with van der Waals surface area (Å²) in [5.41, 5.74) is -0.993. The monoisotopic (exact) mass is 503 g/mol. The van der Waals surface area contributed by atoms with E-state index in [0.717, 1.165) is 38.5 Å². The zero-order valence-corrected chi connectivity index (χ0v) is 22.2. The van der Waals surface area contributed by atoms with Crippen LogP contribution in [0.1, 0.15) is 78.6 Å². The molecule has 0 aliphatic carbocycles. The average molecular weight is 504 g/mol. The lowest BCUT2D eigenvalue weighted by molar-refractivity contribution is -0.153. The predicted molar refractivity (Wildman–Crippen MR) is 144 cm³/mol. The molecule has 1 atom stereocenters. The Bertz CT molecular complexity index is 777. The van der Waals surface area contributed by atoms with Crippen molar-refractivity contribution in [1.29, 1.82) is 0 Å². The quantitative estimate of drug-likeness (QED) is 0.116. The highest BCUT2D eigenvalue weighted by molar-refractivity contribution is 5.81. The number of ether oxygens (including phenoxy) is 1. The lowest BCUT2D eigenvalue weighted by Crippen LogP contribution is -2.46. The van der Waals surface area contributed by atoms with E-state index in [0.29, 0.717) is 6.42 Å². The molecule has 0 unspecified atom stereocenters. The van der Waals surface area contributed by atoms with Crippen LogP contribution in [0.3, 0.4) is 0 Å². The zero-order chi connectivity index (χ0) is 27.1. The number of hydrogen-bond acceptors (Lipinski definition) is 5. The first-order chi connectivity index (χ1) is 17.2. The first-order valence-corrected chi connectivity index (χ1v) is 12.8. The van der Waals surface area contributed by atoms with Gasteiger partial charge in [0.25, 0.3) is 0 Å². The highest BCUT2D eigenvalue weighted by Gasteiger charge is 2.34. The number of nitrogens with one attached hydrogen (secondary N) is 1. The molecule has 0 aromatic heterocycles. The molecule has 202 valence electrons. The van der Waals surface area contributed by atoms with Crippen molar-refractivity contribution >= 4 is 17.8 Å². The first-order valence-electron chi connectivity index (χ1n) is 12.8. The van der Waals surface area contributed by atoms with E-state index in [2.05, 4.69) is 66.9 Å². The molecule has 3 N–H and O–H groups in total. The van der Waals surface area contributed by atoms with Gasteiger partial charge < -0.3 is 20.3 Å². The summed E-state index contributed by atoms with van der Waals surface area (Å²) in [7, 11) is 0. The Morgan fingerprint density at radius 1 is 0.833 bits per heavy atom. The molecule has 0 heterocycles. The van der Waals surface area contributed by atoms with Crippen molar-refractivity contribution in [3.05, 3.63) is 60.8 Å². The van der Waals surface area contributed by atoms with Gasteiger partial charge in [-0.3, -0.25) is 14.4 Å². The molecule has 0 aromatic carbocycles. The summed E-state index contributed by atoms with van der Waals surface area (Å²) in [5, 5.41) is 21.1. The number of carbonyl (C=O) groups excluding carboxylic acids is 2. The van der Waals surface area contributed by atoms with Crippen LogP contribution >= 0.6 is 0 Å². The molecule has 36 heavy (non-hydrogen) atoms. The largest absolute Gasteiger partial charge is 0.481 e. The molecular weight excluding hydrogens is 458 g/mol. The number of allylic oxidation sites excluding steroid dienone is 10. The minimum Gasteiger partial charge on any atom is -0.481 e. The maximum Gasteiger partial charge on any atom is 0.305 e. The number of rotatable bonds is 20. The lowest BCUT2D eigenvalue weighted by atomic mass is 9.87. The molecule has 0 aliphatic heterocycles. The predicted octanol–water partition coefficient (Wildman–Crippen LogP) is 5.43. The Hall–Kier alpha value is -2.93. The Labute approximate surface area is 216 Å².